The molecule has 2 aliphatic rings. The number of aromatic nitrogens is 4. The first-order valence-electron chi connectivity index (χ1n) is 8.03. The van der Waals surface area contributed by atoms with Crippen molar-refractivity contribution < 1.29 is 19.8 Å². The van der Waals surface area contributed by atoms with Gasteiger partial charge in [0, 0.05) is 29.8 Å². The number of fused-ring (bicyclic) bond motifs is 1. The Morgan fingerprint density at radius 1 is 1.44 bits per heavy atom. The van der Waals surface area contributed by atoms with Crippen LogP contribution in [0.25, 0.3) is 0 Å². The Labute approximate surface area is 142 Å². The zero-order chi connectivity index (χ0) is 17.9. The minimum atomic E-state index is -1.15. The summed E-state index contributed by atoms with van der Waals surface area (Å²) in [5.41, 5.74) is 1.11. The maximum atomic E-state index is 12.2. The van der Waals surface area contributed by atoms with E-state index < -0.39 is 5.97 Å². The lowest BCUT2D eigenvalue weighted by Gasteiger charge is -2.22. The third-order valence-electron chi connectivity index (χ3n) is 5.08. The first kappa shape index (κ1) is 15.6. The molecule has 0 aromatic carbocycles. The average Bonchev–Trinajstić information content (AvgIpc) is 3.03. The molecule has 0 radical (unpaired) electrons. The summed E-state index contributed by atoms with van der Waals surface area (Å²) < 4.78 is 1.41. The molecule has 130 valence electrons. The number of aromatic hydroxyl groups is 1. The second kappa shape index (κ2) is 5.27. The van der Waals surface area contributed by atoms with E-state index in [1.54, 1.807) is 24.9 Å². The van der Waals surface area contributed by atoms with Gasteiger partial charge in [0.05, 0.1) is 12.2 Å². The number of amides is 1. The minimum Gasteiger partial charge on any atom is -0.504 e. The van der Waals surface area contributed by atoms with Gasteiger partial charge in [-0.1, -0.05) is 5.21 Å². The van der Waals surface area contributed by atoms with Gasteiger partial charge in [-0.3, -0.25) is 9.69 Å². The number of pyridine rings is 1. The van der Waals surface area contributed by atoms with Gasteiger partial charge in [-0.05, 0) is 26.2 Å². The van der Waals surface area contributed by atoms with Gasteiger partial charge < -0.3 is 10.2 Å². The van der Waals surface area contributed by atoms with Crippen molar-refractivity contribution in [2.24, 2.45) is 11.8 Å². The lowest BCUT2D eigenvalue weighted by Crippen LogP contribution is -2.29. The van der Waals surface area contributed by atoms with E-state index >= 15 is 0 Å². The van der Waals surface area contributed by atoms with Crippen LogP contribution in [0.15, 0.2) is 12.4 Å². The molecule has 2 aromatic heterocycles. The summed E-state index contributed by atoms with van der Waals surface area (Å²) in [7, 11) is 0. The maximum absolute atomic E-state index is 12.2. The zero-order valence-electron chi connectivity index (χ0n) is 13.7. The number of nitrogens with zero attached hydrogens (tertiary/aromatic N) is 5. The molecule has 4 rings (SSSR count). The molecule has 1 unspecified atom stereocenters. The molecule has 1 saturated heterocycles. The van der Waals surface area contributed by atoms with Crippen molar-refractivity contribution in [3.05, 3.63) is 29.2 Å². The van der Waals surface area contributed by atoms with Gasteiger partial charge in [-0.25, -0.2) is 14.5 Å². The molecule has 1 aliphatic heterocycles. The molecule has 3 atom stereocenters. The van der Waals surface area contributed by atoms with Crippen molar-refractivity contribution in [2.45, 2.75) is 26.3 Å². The first-order valence-corrected chi connectivity index (χ1v) is 8.03. The van der Waals surface area contributed by atoms with Crippen LogP contribution in [-0.4, -0.2) is 48.6 Å². The summed E-state index contributed by atoms with van der Waals surface area (Å²) in [5.74, 6) is -0.400. The largest absolute Gasteiger partial charge is 0.504 e. The number of carbonyl (C=O) groups excluding carboxylic acids is 1. The summed E-state index contributed by atoms with van der Waals surface area (Å²) >= 11 is 0. The zero-order valence-corrected chi connectivity index (χ0v) is 13.7. The molecule has 1 amide bonds. The predicted octanol–water partition coefficient (Wildman–Crippen LogP) is 0.977. The van der Waals surface area contributed by atoms with Crippen LogP contribution >= 0.6 is 0 Å². The van der Waals surface area contributed by atoms with Gasteiger partial charge in [0.1, 0.15) is 0 Å². The van der Waals surface area contributed by atoms with Crippen molar-refractivity contribution in [1.82, 2.24) is 20.0 Å². The van der Waals surface area contributed by atoms with Crippen LogP contribution in [0.1, 0.15) is 41.0 Å². The molecule has 0 spiro atoms. The number of aromatic carboxylic acids is 1. The van der Waals surface area contributed by atoms with Crippen molar-refractivity contribution in [3.63, 3.8) is 0 Å². The number of hydrogen-bond acceptors (Lipinski definition) is 6. The summed E-state index contributed by atoms with van der Waals surface area (Å²) in [5, 5.41) is 26.9. The number of carbonyl (C=O) groups is 2. The third-order valence-corrected chi connectivity index (χ3v) is 5.08. The number of rotatable bonds is 4. The summed E-state index contributed by atoms with van der Waals surface area (Å²) in [6.07, 6.45) is 3.85. The van der Waals surface area contributed by atoms with Crippen LogP contribution in [0.5, 0.6) is 5.75 Å². The summed E-state index contributed by atoms with van der Waals surface area (Å²) in [4.78, 5) is 29.0. The quantitative estimate of drug-likeness (QED) is 0.848. The van der Waals surface area contributed by atoms with Crippen LogP contribution in [0.4, 0.5) is 5.82 Å². The van der Waals surface area contributed by atoms with E-state index in [-0.39, 0.29) is 35.1 Å². The maximum Gasteiger partial charge on any atom is 0.358 e. The Balaban J connectivity index is 1.65. The summed E-state index contributed by atoms with van der Waals surface area (Å²) in [6.45, 7) is 4.14. The highest BCUT2D eigenvalue weighted by Crippen LogP contribution is 2.48. The van der Waals surface area contributed by atoms with Crippen LogP contribution < -0.4 is 4.90 Å². The number of hydrogen-bond donors (Lipinski definition) is 2. The fraction of sp³-hybridized carbons (Fsp3) is 0.438. The highest BCUT2D eigenvalue weighted by molar-refractivity contribution is 6.00. The Morgan fingerprint density at radius 3 is 2.80 bits per heavy atom. The first-order chi connectivity index (χ1) is 11.9. The molecule has 1 aliphatic carbocycles. The highest BCUT2D eigenvalue weighted by atomic mass is 16.4. The molecule has 9 nitrogen and oxygen atoms in total. The fourth-order valence-corrected chi connectivity index (χ4v) is 3.39. The number of anilines is 1. The molecule has 0 bridgehead atoms. The average molecular weight is 343 g/mol. The SMILES string of the molecule is Cc1c(C(C)n2cc(C(=O)O)nn2)cnc(N2C[C@H]3C[C@H]3C2=O)c1O. The van der Waals surface area contributed by atoms with Crippen LogP contribution in [0.3, 0.4) is 0 Å². The molecule has 1 saturated carbocycles. The van der Waals surface area contributed by atoms with Gasteiger partial charge in [0.25, 0.3) is 0 Å². The van der Waals surface area contributed by atoms with Crippen molar-refractivity contribution >= 4 is 17.7 Å². The van der Waals surface area contributed by atoms with E-state index in [0.29, 0.717) is 23.6 Å². The number of carboxylic acid groups (broad SMARTS) is 1. The predicted molar refractivity (Wildman–Crippen MR) is 85.4 cm³/mol. The normalized spacial score (nSPS) is 22.8. The number of piperidine rings is 1. The smallest absolute Gasteiger partial charge is 0.358 e. The Bertz CT molecular complexity index is 893. The van der Waals surface area contributed by atoms with Gasteiger partial charge in [-0.15, -0.1) is 5.10 Å². The molecule has 25 heavy (non-hydrogen) atoms. The standard InChI is InChI=1S/C16H17N5O4/c1-7-11(8(2)21-6-12(16(24)25)18-19-21)4-17-14(13(7)22)20-5-9-3-10(9)15(20)23/h4,6,8-10,22H,3,5H2,1-2H3,(H,24,25)/t8?,9-,10-/m1/s1. The lowest BCUT2D eigenvalue weighted by atomic mass is 10.0. The van der Waals surface area contributed by atoms with Crippen molar-refractivity contribution in [1.29, 1.82) is 0 Å². The lowest BCUT2D eigenvalue weighted by molar-refractivity contribution is -0.118. The second-order valence-corrected chi connectivity index (χ2v) is 6.63. The monoisotopic (exact) mass is 343 g/mol. The van der Waals surface area contributed by atoms with E-state index in [0.717, 1.165) is 6.42 Å². The third kappa shape index (κ3) is 2.34. The van der Waals surface area contributed by atoms with Crippen LogP contribution in [0, 0.1) is 18.8 Å². The Hall–Kier alpha value is -2.97. The van der Waals surface area contributed by atoms with Crippen LogP contribution in [0.2, 0.25) is 0 Å². The van der Waals surface area contributed by atoms with Crippen LogP contribution in [-0.2, 0) is 4.79 Å². The molecule has 3 heterocycles. The van der Waals surface area contributed by atoms with Gasteiger partial charge in [0.15, 0.2) is 17.3 Å². The van der Waals surface area contributed by atoms with Gasteiger partial charge in [-0.2, -0.15) is 0 Å². The topological polar surface area (TPSA) is 121 Å². The Morgan fingerprint density at radius 2 is 2.20 bits per heavy atom. The van der Waals surface area contributed by atoms with E-state index in [9.17, 15) is 14.7 Å². The molecular weight excluding hydrogens is 326 g/mol. The van der Waals surface area contributed by atoms with Gasteiger partial charge in [0.2, 0.25) is 5.91 Å². The van der Waals surface area contributed by atoms with E-state index in [1.807, 2.05) is 0 Å². The molecule has 2 N–H and O–H groups in total. The molecule has 9 heteroatoms. The Kier molecular flexibility index (Phi) is 3.28. The highest BCUT2D eigenvalue weighted by Gasteiger charge is 2.53. The molecular formula is C16H17N5O4. The van der Waals surface area contributed by atoms with E-state index in [2.05, 4.69) is 15.3 Å². The minimum absolute atomic E-state index is 0.0235. The van der Waals surface area contributed by atoms with E-state index in [1.165, 1.54) is 10.9 Å². The molecule has 2 fully saturated rings. The fourth-order valence-electron chi connectivity index (χ4n) is 3.39. The number of carboxylic acids is 1. The van der Waals surface area contributed by atoms with Crippen molar-refractivity contribution in [3.8, 4) is 5.75 Å². The summed E-state index contributed by atoms with van der Waals surface area (Å²) in [6, 6.07) is -0.365. The second-order valence-electron chi connectivity index (χ2n) is 6.63. The van der Waals surface area contributed by atoms with Crippen molar-refractivity contribution in [2.75, 3.05) is 11.4 Å². The van der Waals surface area contributed by atoms with Gasteiger partial charge >= 0.3 is 5.97 Å². The molecule has 2 aromatic rings. The van der Waals surface area contributed by atoms with E-state index in [4.69, 9.17) is 5.11 Å².